The van der Waals surface area contributed by atoms with Gasteiger partial charge in [0.15, 0.2) is 0 Å². The Morgan fingerprint density at radius 3 is 2.50 bits per heavy atom. The quantitative estimate of drug-likeness (QED) is 0.459. The number of imidazole rings is 1. The molecule has 2 amide bonds. The number of nitrogens with zero attached hydrogens (tertiary/aromatic N) is 2. The molecule has 7 nitrogen and oxygen atoms in total. The van der Waals surface area contributed by atoms with Crippen LogP contribution in [0.3, 0.4) is 0 Å². The van der Waals surface area contributed by atoms with Crippen molar-refractivity contribution in [3.8, 4) is 11.4 Å². The van der Waals surface area contributed by atoms with Gasteiger partial charge >= 0.3 is 0 Å². The summed E-state index contributed by atoms with van der Waals surface area (Å²) >= 11 is 0. The van der Waals surface area contributed by atoms with Gasteiger partial charge in [-0.2, -0.15) is 0 Å². The molecule has 0 spiro atoms. The predicted octanol–water partition coefficient (Wildman–Crippen LogP) is 2.59. The summed E-state index contributed by atoms with van der Waals surface area (Å²) in [6, 6.07) is 13.4. The number of fused-ring (bicyclic) bond motifs is 1. The second-order valence-corrected chi connectivity index (χ2v) is 6.81. The lowest BCUT2D eigenvalue weighted by atomic mass is 10.0. The van der Waals surface area contributed by atoms with Crippen LogP contribution in [-0.2, 0) is 11.2 Å². The Hall–Kier alpha value is -4.07. The molecule has 4 N–H and O–H groups in total. The Morgan fingerprint density at radius 1 is 1.07 bits per heavy atom. The molecule has 0 aliphatic rings. The zero-order valence-electron chi connectivity index (χ0n) is 15.8. The lowest BCUT2D eigenvalue weighted by molar-refractivity contribution is -0.119. The van der Waals surface area contributed by atoms with Crippen molar-refractivity contribution in [2.24, 2.45) is 5.73 Å². The topological polar surface area (TPSA) is 114 Å². The summed E-state index contributed by atoms with van der Waals surface area (Å²) in [5.41, 5.74) is 8.76. The van der Waals surface area contributed by atoms with E-state index in [0.29, 0.717) is 28.0 Å². The van der Waals surface area contributed by atoms with Gasteiger partial charge in [-0.25, -0.2) is 9.37 Å². The van der Waals surface area contributed by atoms with Gasteiger partial charge < -0.3 is 16.0 Å². The van der Waals surface area contributed by atoms with Gasteiger partial charge in [0.05, 0.1) is 11.0 Å². The Labute approximate surface area is 171 Å². The molecule has 0 saturated carbocycles. The number of hydrogen-bond acceptors (Lipinski definition) is 4. The zero-order valence-corrected chi connectivity index (χ0v) is 15.8. The molecule has 2 aromatic carbocycles. The first-order valence-corrected chi connectivity index (χ1v) is 9.24. The number of aromatic amines is 1. The number of H-pyrrole nitrogens is 1. The number of hydrogen-bond donors (Lipinski definition) is 3. The minimum absolute atomic E-state index is 0.167. The van der Waals surface area contributed by atoms with Crippen molar-refractivity contribution >= 4 is 22.8 Å². The molecule has 2 aromatic heterocycles. The molecular formula is C22H18FN5O2. The van der Waals surface area contributed by atoms with Crippen LogP contribution in [0.1, 0.15) is 15.9 Å². The Bertz CT molecular complexity index is 1210. The third-order valence-electron chi connectivity index (χ3n) is 4.70. The van der Waals surface area contributed by atoms with Gasteiger partial charge in [-0.3, -0.25) is 14.6 Å². The fraction of sp³-hybridized carbons (Fsp3) is 0.0909. The van der Waals surface area contributed by atoms with Crippen LogP contribution in [0.4, 0.5) is 4.39 Å². The summed E-state index contributed by atoms with van der Waals surface area (Å²) in [7, 11) is 0. The van der Waals surface area contributed by atoms with Crippen molar-refractivity contribution in [3.63, 3.8) is 0 Å². The fourth-order valence-electron chi connectivity index (χ4n) is 3.12. The number of primary amides is 1. The van der Waals surface area contributed by atoms with Gasteiger partial charge in [-0.05, 0) is 48.0 Å². The van der Waals surface area contributed by atoms with E-state index in [9.17, 15) is 14.0 Å². The fourth-order valence-corrected chi connectivity index (χ4v) is 3.12. The number of carbonyl (C=O) groups is 2. The van der Waals surface area contributed by atoms with Crippen LogP contribution < -0.4 is 11.1 Å². The molecule has 4 aromatic rings. The second kappa shape index (κ2) is 8.12. The van der Waals surface area contributed by atoms with E-state index in [1.165, 1.54) is 12.1 Å². The van der Waals surface area contributed by atoms with E-state index < -0.39 is 17.9 Å². The Balaban J connectivity index is 1.54. The molecule has 0 aliphatic carbocycles. The van der Waals surface area contributed by atoms with Crippen molar-refractivity contribution < 1.29 is 14.0 Å². The number of benzene rings is 2. The van der Waals surface area contributed by atoms with Crippen LogP contribution in [0, 0.1) is 5.82 Å². The van der Waals surface area contributed by atoms with E-state index in [4.69, 9.17) is 5.73 Å². The van der Waals surface area contributed by atoms with Crippen LogP contribution >= 0.6 is 0 Å². The molecule has 8 heteroatoms. The Morgan fingerprint density at radius 2 is 1.80 bits per heavy atom. The maximum atomic E-state index is 13.1. The third-order valence-corrected chi connectivity index (χ3v) is 4.70. The molecule has 150 valence electrons. The summed E-state index contributed by atoms with van der Waals surface area (Å²) in [5.74, 6) is -0.827. The van der Waals surface area contributed by atoms with Crippen LogP contribution in [0.2, 0.25) is 0 Å². The Kier molecular flexibility index (Phi) is 5.21. The summed E-state index contributed by atoms with van der Waals surface area (Å²) in [6.07, 6.45) is 3.51. The molecule has 0 saturated heterocycles. The minimum Gasteiger partial charge on any atom is -0.368 e. The standard InChI is InChI=1S/C22H18FN5O2/c23-16-4-1-13(2-5-16)11-19(20(24)29)28-22(30)15-3-6-17-18(12-15)27-21(26-17)14-7-9-25-10-8-14/h1-10,12,19H,11H2,(H2,24,29)(H,26,27)(H,28,30). The van der Waals surface area contributed by atoms with Crippen molar-refractivity contribution in [2.45, 2.75) is 12.5 Å². The zero-order chi connectivity index (χ0) is 21.1. The van der Waals surface area contributed by atoms with Gasteiger partial charge in [-0.1, -0.05) is 12.1 Å². The normalized spacial score (nSPS) is 11.9. The average Bonchev–Trinajstić information content (AvgIpc) is 3.18. The highest BCUT2D eigenvalue weighted by Gasteiger charge is 2.20. The van der Waals surface area contributed by atoms with Crippen LogP contribution in [0.25, 0.3) is 22.4 Å². The molecular weight excluding hydrogens is 385 g/mol. The molecule has 0 aliphatic heterocycles. The molecule has 1 unspecified atom stereocenters. The van der Waals surface area contributed by atoms with Crippen molar-refractivity contribution in [3.05, 3.63) is 83.9 Å². The summed E-state index contributed by atoms with van der Waals surface area (Å²) < 4.78 is 13.1. The minimum atomic E-state index is -0.923. The van der Waals surface area contributed by atoms with Crippen molar-refractivity contribution in [1.82, 2.24) is 20.3 Å². The number of amides is 2. The number of halogens is 1. The number of pyridine rings is 1. The first kappa shape index (κ1) is 19.3. The van der Waals surface area contributed by atoms with E-state index >= 15 is 0 Å². The molecule has 0 bridgehead atoms. The molecule has 30 heavy (non-hydrogen) atoms. The van der Waals surface area contributed by atoms with E-state index in [1.807, 2.05) is 12.1 Å². The SMILES string of the molecule is NC(=O)C(Cc1ccc(F)cc1)NC(=O)c1ccc2nc(-c3ccncc3)[nH]c2c1. The van der Waals surface area contributed by atoms with Gasteiger partial charge in [0.2, 0.25) is 5.91 Å². The third kappa shape index (κ3) is 4.17. The largest absolute Gasteiger partial charge is 0.368 e. The average molecular weight is 403 g/mol. The van der Waals surface area contributed by atoms with Crippen LogP contribution in [0.5, 0.6) is 0 Å². The number of nitrogens with two attached hydrogens (primary N) is 1. The first-order valence-electron chi connectivity index (χ1n) is 9.24. The molecule has 0 radical (unpaired) electrons. The van der Waals surface area contributed by atoms with E-state index in [-0.39, 0.29) is 12.2 Å². The second-order valence-electron chi connectivity index (χ2n) is 6.81. The van der Waals surface area contributed by atoms with Gasteiger partial charge in [0, 0.05) is 29.9 Å². The lowest BCUT2D eigenvalue weighted by Crippen LogP contribution is -2.45. The van der Waals surface area contributed by atoms with Crippen molar-refractivity contribution in [1.29, 1.82) is 0 Å². The number of nitrogens with one attached hydrogen (secondary N) is 2. The predicted molar refractivity (Wildman–Crippen MR) is 110 cm³/mol. The molecule has 4 rings (SSSR count). The summed E-state index contributed by atoms with van der Waals surface area (Å²) in [5, 5.41) is 2.65. The smallest absolute Gasteiger partial charge is 0.252 e. The number of rotatable bonds is 6. The van der Waals surface area contributed by atoms with E-state index in [2.05, 4.69) is 20.3 Å². The van der Waals surface area contributed by atoms with Gasteiger partial charge in [-0.15, -0.1) is 0 Å². The maximum Gasteiger partial charge on any atom is 0.252 e. The molecule has 1 atom stereocenters. The van der Waals surface area contributed by atoms with E-state index in [0.717, 1.165) is 5.56 Å². The summed E-state index contributed by atoms with van der Waals surface area (Å²) in [6.45, 7) is 0. The first-order chi connectivity index (χ1) is 14.5. The number of aromatic nitrogens is 3. The molecule has 0 fully saturated rings. The maximum absolute atomic E-state index is 13.1. The van der Waals surface area contributed by atoms with E-state index in [1.54, 1.807) is 42.7 Å². The van der Waals surface area contributed by atoms with Crippen molar-refractivity contribution in [2.75, 3.05) is 0 Å². The number of carbonyl (C=O) groups excluding carboxylic acids is 2. The molecule has 2 heterocycles. The van der Waals surface area contributed by atoms with Crippen LogP contribution in [-0.4, -0.2) is 32.8 Å². The van der Waals surface area contributed by atoms with Gasteiger partial charge in [0.25, 0.3) is 5.91 Å². The highest BCUT2D eigenvalue weighted by atomic mass is 19.1. The van der Waals surface area contributed by atoms with Gasteiger partial charge in [0.1, 0.15) is 17.7 Å². The monoisotopic (exact) mass is 403 g/mol. The lowest BCUT2D eigenvalue weighted by Gasteiger charge is -2.15. The highest BCUT2D eigenvalue weighted by molar-refractivity contribution is 6.00. The highest BCUT2D eigenvalue weighted by Crippen LogP contribution is 2.21. The van der Waals surface area contributed by atoms with Crippen LogP contribution in [0.15, 0.2) is 67.0 Å². The summed E-state index contributed by atoms with van der Waals surface area (Å²) in [4.78, 5) is 36.2.